The standard InChI is InChI=1S/C17H15Cl2NO3S/c1-11(21)23-13-5-2-4-12(8-13)20-17(22)10-24-9-14-15(18)6-3-7-16(14)19/h2-8H,9-10H2,1H3,(H,20,22). The van der Waals surface area contributed by atoms with Gasteiger partial charge in [-0.3, -0.25) is 9.59 Å². The summed E-state index contributed by atoms with van der Waals surface area (Å²) in [6.45, 7) is 1.32. The van der Waals surface area contributed by atoms with Crippen LogP contribution in [0, 0.1) is 0 Å². The summed E-state index contributed by atoms with van der Waals surface area (Å²) in [7, 11) is 0. The van der Waals surface area contributed by atoms with Gasteiger partial charge < -0.3 is 10.1 Å². The van der Waals surface area contributed by atoms with Crippen molar-refractivity contribution < 1.29 is 14.3 Å². The largest absolute Gasteiger partial charge is 0.427 e. The molecule has 0 aliphatic heterocycles. The van der Waals surface area contributed by atoms with Crippen molar-refractivity contribution in [1.29, 1.82) is 0 Å². The quantitative estimate of drug-likeness (QED) is 0.575. The first-order chi connectivity index (χ1) is 11.5. The highest BCUT2D eigenvalue weighted by Crippen LogP contribution is 2.28. The van der Waals surface area contributed by atoms with Crippen molar-refractivity contribution in [2.24, 2.45) is 0 Å². The summed E-state index contributed by atoms with van der Waals surface area (Å²) in [5.74, 6) is 0.600. The van der Waals surface area contributed by atoms with Gasteiger partial charge in [0.2, 0.25) is 5.91 Å². The predicted molar refractivity (Wildman–Crippen MR) is 99.0 cm³/mol. The molecule has 7 heteroatoms. The highest BCUT2D eigenvalue weighted by molar-refractivity contribution is 7.99. The topological polar surface area (TPSA) is 55.4 Å². The molecule has 2 rings (SSSR count). The molecule has 0 radical (unpaired) electrons. The highest BCUT2D eigenvalue weighted by atomic mass is 35.5. The van der Waals surface area contributed by atoms with E-state index in [-0.39, 0.29) is 11.7 Å². The lowest BCUT2D eigenvalue weighted by Crippen LogP contribution is -2.14. The Morgan fingerprint density at radius 1 is 1.12 bits per heavy atom. The number of halogens is 2. The molecule has 0 aliphatic rings. The van der Waals surface area contributed by atoms with Gasteiger partial charge in [-0.25, -0.2) is 0 Å². The van der Waals surface area contributed by atoms with E-state index < -0.39 is 5.97 Å². The molecule has 0 atom stereocenters. The first-order valence-corrected chi connectivity index (χ1v) is 8.95. The Morgan fingerprint density at radius 2 is 1.79 bits per heavy atom. The Morgan fingerprint density at radius 3 is 2.46 bits per heavy atom. The molecule has 0 spiro atoms. The third kappa shape index (κ3) is 5.74. The minimum atomic E-state index is -0.411. The number of rotatable bonds is 6. The van der Waals surface area contributed by atoms with Crippen molar-refractivity contribution in [2.45, 2.75) is 12.7 Å². The number of carbonyl (C=O) groups is 2. The first-order valence-electron chi connectivity index (χ1n) is 7.04. The lowest BCUT2D eigenvalue weighted by atomic mass is 10.2. The van der Waals surface area contributed by atoms with Crippen LogP contribution >= 0.6 is 35.0 Å². The molecule has 0 saturated carbocycles. The first kappa shape index (κ1) is 18.6. The van der Waals surface area contributed by atoms with Crippen LogP contribution in [-0.4, -0.2) is 17.6 Å². The summed E-state index contributed by atoms with van der Waals surface area (Å²) < 4.78 is 4.98. The molecule has 0 unspecified atom stereocenters. The van der Waals surface area contributed by atoms with E-state index >= 15 is 0 Å². The Labute approximate surface area is 154 Å². The maximum Gasteiger partial charge on any atom is 0.308 e. The number of ether oxygens (including phenoxy) is 1. The summed E-state index contributed by atoms with van der Waals surface area (Å²) in [6.07, 6.45) is 0. The molecule has 24 heavy (non-hydrogen) atoms. The molecule has 0 fully saturated rings. The predicted octanol–water partition coefficient (Wildman–Crippen LogP) is 4.79. The average molecular weight is 384 g/mol. The van der Waals surface area contributed by atoms with E-state index in [1.807, 2.05) is 0 Å². The van der Waals surface area contributed by atoms with Crippen LogP contribution in [0.4, 0.5) is 5.69 Å². The third-order valence-electron chi connectivity index (χ3n) is 2.92. The van der Waals surface area contributed by atoms with Crippen LogP contribution < -0.4 is 10.1 Å². The fourth-order valence-electron chi connectivity index (χ4n) is 1.92. The van der Waals surface area contributed by atoms with Gasteiger partial charge in [0.1, 0.15) is 5.75 Å². The molecule has 0 bridgehead atoms. The summed E-state index contributed by atoms with van der Waals surface area (Å²) >= 11 is 13.6. The van der Waals surface area contributed by atoms with E-state index in [0.29, 0.717) is 27.2 Å². The number of nitrogens with one attached hydrogen (secondary N) is 1. The Hall–Kier alpha value is -1.69. The molecule has 0 saturated heterocycles. The minimum absolute atomic E-state index is 0.164. The number of benzene rings is 2. The molecule has 0 aromatic heterocycles. The molecule has 1 amide bonds. The zero-order valence-corrected chi connectivity index (χ0v) is 15.2. The van der Waals surface area contributed by atoms with Crippen LogP contribution in [0.5, 0.6) is 5.75 Å². The number of hydrogen-bond donors (Lipinski definition) is 1. The smallest absolute Gasteiger partial charge is 0.308 e. The number of carbonyl (C=O) groups excluding carboxylic acids is 2. The third-order valence-corrected chi connectivity index (χ3v) is 4.59. The molecule has 0 aliphatic carbocycles. The van der Waals surface area contributed by atoms with E-state index in [1.54, 1.807) is 42.5 Å². The number of hydrogen-bond acceptors (Lipinski definition) is 4. The van der Waals surface area contributed by atoms with Crippen LogP contribution in [-0.2, 0) is 15.3 Å². The van der Waals surface area contributed by atoms with E-state index in [1.165, 1.54) is 18.7 Å². The second-order valence-electron chi connectivity index (χ2n) is 4.86. The lowest BCUT2D eigenvalue weighted by Gasteiger charge is -2.08. The number of esters is 1. The Kier molecular flexibility index (Phi) is 6.97. The zero-order chi connectivity index (χ0) is 17.5. The lowest BCUT2D eigenvalue weighted by molar-refractivity contribution is -0.131. The summed E-state index contributed by atoms with van der Waals surface area (Å²) in [4.78, 5) is 22.9. The van der Waals surface area contributed by atoms with Gasteiger partial charge in [-0.05, 0) is 29.8 Å². The molecule has 1 N–H and O–H groups in total. The minimum Gasteiger partial charge on any atom is -0.427 e. The van der Waals surface area contributed by atoms with Gasteiger partial charge >= 0.3 is 5.97 Å². The Bertz CT molecular complexity index is 732. The molecule has 0 heterocycles. The van der Waals surface area contributed by atoms with Gasteiger partial charge in [-0.2, -0.15) is 0 Å². The molecule has 4 nitrogen and oxygen atoms in total. The van der Waals surface area contributed by atoms with Crippen LogP contribution in [0.15, 0.2) is 42.5 Å². The maximum atomic E-state index is 12.0. The zero-order valence-electron chi connectivity index (χ0n) is 12.8. The normalized spacial score (nSPS) is 10.3. The van der Waals surface area contributed by atoms with Crippen molar-refractivity contribution in [3.8, 4) is 5.75 Å². The van der Waals surface area contributed by atoms with Crippen molar-refractivity contribution in [3.05, 3.63) is 58.1 Å². The molecule has 126 valence electrons. The van der Waals surface area contributed by atoms with Crippen molar-refractivity contribution >= 4 is 52.5 Å². The monoisotopic (exact) mass is 383 g/mol. The van der Waals surface area contributed by atoms with Crippen molar-refractivity contribution in [1.82, 2.24) is 0 Å². The molecular weight excluding hydrogens is 369 g/mol. The van der Waals surface area contributed by atoms with Gasteiger partial charge in [-0.15, -0.1) is 11.8 Å². The van der Waals surface area contributed by atoms with E-state index in [2.05, 4.69) is 5.32 Å². The second-order valence-corrected chi connectivity index (χ2v) is 6.66. The van der Waals surface area contributed by atoms with Gasteiger partial charge in [0.25, 0.3) is 0 Å². The van der Waals surface area contributed by atoms with Crippen LogP contribution in [0.3, 0.4) is 0 Å². The van der Waals surface area contributed by atoms with E-state index in [4.69, 9.17) is 27.9 Å². The second kappa shape index (κ2) is 8.97. The summed E-state index contributed by atoms with van der Waals surface area (Å²) in [5.41, 5.74) is 1.38. The number of anilines is 1. The summed E-state index contributed by atoms with van der Waals surface area (Å²) in [5, 5.41) is 3.93. The highest BCUT2D eigenvalue weighted by Gasteiger charge is 2.08. The summed E-state index contributed by atoms with van der Waals surface area (Å²) in [6, 6.07) is 12.0. The van der Waals surface area contributed by atoms with Crippen LogP contribution in [0.1, 0.15) is 12.5 Å². The fraction of sp³-hybridized carbons (Fsp3) is 0.176. The number of thioether (sulfide) groups is 1. The van der Waals surface area contributed by atoms with Gasteiger partial charge in [0, 0.05) is 34.5 Å². The van der Waals surface area contributed by atoms with E-state index in [0.717, 1.165) is 5.56 Å². The van der Waals surface area contributed by atoms with Crippen molar-refractivity contribution in [3.63, 3.8) is 0 Å². The van der Waals surface area contributed by atoms with E-state index in [9.17, 15) is 9.59 Å². The van der Waals surface area contributed by atoms with Crippen LogP contribution in [0.25, 0.3) is 0 Å². The van der Waals surface area contributed by atoms with Crippen molar-refractivity contribution in [2.75, 3.05) is 11.1 Å². The fourth-order valence-corrected chi connectivity index (χ4v) is 3.48. The van der Waals surface area contributed by atoms with Gasteiger partial charge in [0.05, 0.1) is 5.75 Å². The average Bonchev–Trinajstić information content (AvgIpc) is 2.50. The Balaban J connectivity index is 1.86. The van der Waals surface area contributed by atoms with Gasteiger partial charge in [0.15, 0.2) is 0 Å². The SMILES string of the molecule is CC(=O)Oc1cccc(NC(=O)CSCc2c(Cl)cccc2Cl)c1. The van der Waals surface area contributed by atoms with Crippen LogP contribution in [0.2, 0.25) is 10.0 Å². The molecule has 2 aromatic rings. The maximum absolute atomic E-state index is 12.0. The molecule has 2 aromatic carbocycles. The molecular formula is C17H15Cl2NO3S. The van der Waals surface area contributed by atoms with Gasteiger partial charge in [-0.1, -0.05) is 35.3 Å². The number of amides is 1.